The van der Waals surface area contributed by atoms with Crippen molar-refractivity contribution in [1.82, 2.24) is 5.32 Å². The lowest BCUT2D eigenvalue weighted by Gasteiger charge is -2.15. The largest absolute Gasteiger partial charge is 0.488 e. The number of aryl methyl sites for hydroxylation is 1. The van der Waals surface area contributed by atoms with Crippen molar-refractivity contribution in [3.8, 4) is 5.75 Å². The van der Waals surface area contributed by atoms with Crippen molar-refractivity contribution in [3.63, 3.8) is 0 Å². The van der Waals surface area contributed by atoms with E-state index in [1.54, 1.807) is 12.1 Å². The molecule has 0 saturated heterocycles. The van der Waals surface area contributed by atoms with Gasteiger partial charge in [-0.25, -0.2) is 0 Å². The molecule has 0 aliphatic carbocycles. The Morgan fingerprint density at radius 1 is 1.19 bits per heavy atom. The molecule has 0 saturated carbocycles. The lowest BCUT2D eigenvalue weighted by atomic mass is 10.0. The molecule has 7 heteroatoms. The summed E-state index contributed by atoms with van der Waals surface area (Å²) in [5.41, 5.74) is 3.29. The van der Waals surface area contributed by atoms with Gasteiger partial charge in [0.1, 0.15) is 24.0 Å². The van der Waals surface area contributed by atoms with Gasteiger partial charge in [0.05, 0.1) is 0 Å². The van der Waals surface area contributed by atoms with Crippen LogP contribution in [0.4, 0.5) is 0 Å². The van der Waals surface area contributed by atoms with Crippen LogP contribution in [0.3, 0.4) is 0 Å². The smallest absolute Gasteiger partial charge is 0.273 e. The number of likely N-dealkylation sites (N-methyl/N-ethyl adjacent to an activating group) is 1. The summed E-state index contributed by atoms with van der Waals surface area (Å²) in [6, 6.07) is 13.0. The predicted molar refractivity (Wildman–Crippen MR) is 109 cm³/mol. The van der Waals surface area contributed by atoms with Crippen LogP contribution in [0.15, 0.2) is 52.1 Å². The maximum Gasteiger partial charge on any atom is 0.273 e. The van der Waals surface area contributed by atoms with Gasteiger partial charge in [0.25, 0.3) is 5.91 Å². The molecular formula is C20H20Cl2N2O3. The summed E-state index contributed by atoms with van der Waals surface area (Å²) >= 11 is 11.6. The number of carbonyl (C=O) groups is 1. The van der Waals surface area contributed by atoms with Gasteiger partial charge in [-0.15, -0.1) is 0 Å². The summed E-state index contributed by atoms with van der Waals surface area (Å²) < 4.78 is 6.19. The highest BCUT2D eigenvalue weighted by atomic mass is 35.5. The highest BCUT2D eigenvalue weighted by Crippen LogP contribution is 2.28. The lowest BCUT2D eigenvalue weighted by molar-refractivity contribution is -0.114. The Morgan fingerprint density at radius 3 is 2.59 bits per heavy atom. The highest BCUT2D eigenvalue weighted by molar-refractivity contribution is 6.57. The first kappa shape index (κ1) is 20.8. The topological polar surface area (TPSA) is 59.9 Å². The summed E-state index contributed by atoms with van der Waals surface area (Å²) in [7, 11) is 2.93. The fourth-order valence-corrected chi connectivity index (χ4v) is 2.79. The second-order valence-electron chi connectivity index (χ2n) is 5.57. The molecule has 0 aliphatic rings. The van der Waals surface area contributed by atoms with Crippen molar-refractivity contribution < 1.29 is 14.4 Å². The van der Waals surface area contributed by atoms with Crippen LogP contribution >= 0.6 is 23.2 Å². The third-order valence-corrected chi connectivity index (χ3v) is 3.99. The van der Waals surface area contributed by atoms with E-state index in [0.29, 0.717) is 11.3 Å². The second kappa shape index (κ2) is 10.00. The van der Waals surface area contributed by atoms with E-state index in [9.17, 15) is 4.79 Å². The van der Waals surface area contributed by atoms with Crippen LogP contribution in [0.1, 0.15) is 22.3 Å². The van der Waals surface area contributed by atoms with Crippen molar-refractivity contribution in [2.75, 3.05) is 14.2 Å². The Kier molecular flexibility index (Phi) is 7.70. The summed E-state index contributed by atoms with van der Waals surface area (Å²) in [6.07, 6.45) is 1.62. The van der Waals surface area contributed by atoms with Crippen molar-refractivity contribution in [2.45, 2.75) is 13.5 Å². The molecular weight excluding hydrogens is 387 g/mol. The fourth-order valence-electron chi connectivity index (χ4n) is 2.55. The number of rotatable bonds is 7. The third-order valence-electron chi connectivity index (χ3n) is 3.78. The number of nitrogens with one attached hydrogen (secondary N) is 1. The Balaban J connectivity index is 2.37. The SMILES string of the molecule is CNC(=O)/C(=N/OC)c1ccccc1COc1c(C)cccc1C=C(Cl)Cl. The predicted octanol–water partition coefficient (Wildman–Crippen LogP) is 4.45. The van der Waals surface area contributed by atoms with Crippen LogP contribution in [-0.4, -0.2) is 25.8 Å². The zero-order chi connectivity index (χ0) is 19.8. The Morgan fingerprint density at radius 2 is 1.93 bits per heavy atom. The molecule has 27 heavy (non-hydrogen) atoms. The van der Waals surface area contributed by atoms with Gasteiger partial charge in [0, 0.05) is 18.2 Å². The molecule has 2 rings (SSSR count). The van der Waals surface area contributed by atoms with Gasteiger partial charge in [-0.3, -0.25) is 4.79 Å². The van der Waals surface area contributed by atoms with Gasteiger partial charge >= 0.3 is 0 Å². The lowest BCUT2D eigenvalue weighted by Crippen LogP contribution is -2.29. The number of para-hydroxylation sites is 1. The molecule has 2 aromatic rings. The van der Waals surface area contributed by atoms with E-state index >= 15 is 0 Å². The van der Waals surface area contributed by atoms with Crippen LogP contribution < -0.4 is 10.1 Å². The number of halogens is 2. The van der Waals surface area contributed by atoms with Gasteiger partial charge < -0.3 is 14.9 Å². The fraction of sp³-hybridized carbons (Fsp3) is 0.200. The van der Waals surface area contributed by atoms with Crippen LogP contribution in [-0.2, 0) is 16.2 Å². The molecule has 2 aromatic carbocycles. The average Bonchev–Trinajstić information content (AvgIpc) is 2.65. The minimum absolute atomic E-state index is 0.139. The minimum Gasteiger partial charge on any atom is -0.488 e. The highest BCUT2D eigenvalue weighted by Gasteiger charge is 2.18. The standard InChI is InChI=1S/C20H20Cl2N2O3/c1-13-7-6-9-14(11-17(21)22)19(13)27-12-15-8-4-5-10-16(15)18(24-26-3)20(25)23-2/h4-11H,12H2,1-3H3,(H,23,25)/b24-18+. The van der Waals surface area contributed by atoms with Crippen molar-refractivity contribution in [3.05, 3.63) is 69.2 Å². The van der Waals surface area contributed by atoms with Gasteiger partial charge in [-0.2, -0.15) is 0 Å². The first-order chi connectivity index (χ1) is 13.0. The molecule has 1 amide bonds. The van der Waals surface area contributed by atoms with Crippen LogP contribution in [0, 0.1) is 6.92 Å². The van der Waals surface area contributed by atoms with E-state index in [4.69, 9.17) is 32.8 Å². The quantitative estimate of drug-likeness (QED) is 0.545. The number of benzene rings is 2. The maximum atomic E-state index is 12.2. The molecule has 0 bridgehead atoms. The van der Waals surface area contributed by atoms with Gasteiger partial charge in [-0.05, 0) is 24.1 Å². The van der Waals surface area contributed by atoms with Gasteiger partial charge in [0.2, 0.25) is 0 Å². The summed E-state index contributed by atoms with van der Waals surface area (Å²) in [6.45, 7) is 2.16. The zero-order valence-corrected chi connectivity index (χ0v) is 16.8. The van der Waals surface area contributed by atoms with Crippen LogP contribution in [0.25, 0.3) is 6.08 Å². The van der Waals surface area contributed by atoms with E-state index in [-0.39, 0.29) is 22.7 Å². The van der Waals surface area contributed by atoms with E-state index < -0.39 is 0 Å². The zero-order valence-electron chi connectivity index (χ0n) is 15.3. The van der Waals surface area contributed by atoms with Crippen LogP contribution in [0.5, 0.6) is 5.75 Å². The Hall–Kier alpha value is -2.50. The molecule has 0 spiro atoms. The number of oxime groups is 1. The number of hydrogen-bond acceptors (Lipinski definition) is 4. The molecule has 0 aromatic heterocycles. The normalized spacial score (nSPS) is 10.9. The first-order valence-electron chi connectivity index (χ1n) is 8.14. The summed E-state index contributed by atoms with van der Waals surface area (Å²) in [5.74, 6) is 0.314. The maximum absolute atomic E-state index is 12.2. The van der Waals surface area contributed by atoms with E-state index in [2.05, 4.69) is 10.5 Å². The molecule has 0 atom stereocenters. The van der Waals surface area contributed by atoms with E-state index in [1.165, 1.54) is 14.2 Å². The molecule has 142 valence electrons. The monoisotopic (exact) mass is 406 g/mol. The van der Waals surface area contributed by atoms with E-state index in [0.717, 1.165) is 16.7 Å². The number of ether oxygens (including phenoxy) is 1. The molecule has 0 heterocycles. The van der Waals surface area contributed by atoms with E-state index in [1.807, 2.05) is 43.3 Å². The molecule has 0 aliphatic heterocycles. The van der Waals surface area contributed by atoms with Gasteiger partial charge in [0.15, 0.2) is 5.71 Å². The molecule has 1 N–H and O–H groups in total. The van der Waals surface area contributed by atoms with Crippen molar-refractivity contribution in [1.29, 1.82) is 0 Å². The van der Waals surface area contributed by atoms with Crippen molar-refractivity contribution >= 4 is 40.9 Å². The Bertz CT molecular complexity index is 875. The number of nitrogens with zero attached hydrogens (tertiary/aromatic N) is 1. The van der Waals surface area contributed by atoms with Crippen LogP contribution in [0.2, 0.25) is 0 Å². The molecule has 0 unspecified atom stereocenters. The minimum atomic E-state index is -0.349. The average molecular weight is 407 g/mol. The molecule has 0 radical (unpaired) electrons. The van der Waals surface area contributed by atoms with Crippen molar-refractivity contribution in [2.24, 2.45) is 5.16 Å². The molecule has 0 fully saturated rings. The number of amides is 1. The Labute approximate surface area is 168 Å². The summed E-state index contributed by atoms with van der Waals surface area (Å²) in [4.78, 5) is 17.0. The second-order valence-corrected chi connectivity index (χ2v) is 6.58. The first-order valence-corrected chi connectivity index (χ1v) is 8.90. The van der Waals surface area contributed by atoms with Gasteiger partial charge in [-0.1, -0.05) is 70.8 Å². The number of hydrogen-bond donors (Lipinski definition) is 1. The summed E-state index contributed by atoms with van der Waals surface area (Å²) in [5, 5.41) is 6.42. The molecule has 5 nitrogen and oxygen atoms in total. The third kappa shape index (κ3) is 5.49. The number of carbonyl (C=O) groups excluding carboxylic acids is 1.